The number of rotatable bonds is 2. The molecule has 0 amide bonds. The van der Waals surface area contributed by atoms with Crippen molar-refractivity contribution < 1.29 is 0 Å². The van der Waals surface area contributed by atoms with Crippen molar-refractivity contribution in [3.63, 3.8) is 0 Å². The number of alkyl halides is 1. The fourth-order valence-corrected chi connectivity index (χ4v) is 4.53. The second-order valence-electron chi connectivity index (χ2n) is 2.69. The largest absolute Gasteiger partial charge is 0.143 e. The van der Waals surface area contributed by atoms with Crippen molar-refractivity contribution in [1.29, 1.82) is 0 Å². The van der Waals surface area contributed by atoms with Gasteiger partial charge in [-0.25, -0.2) is 0 Å². The van der Waals surface area contributed by atoms with Crippen molar-refractivity contribution in [2.45, 2.75) is 29.6 Å². The molecule has 0 aromatic heterocycles. The maximum absolute atomic E-state index is 5.76. The molecule has 2 unspecified atom stereocenters. The van der Waals surface area contributed by atoms with Gasteiger partial charge in [-0.05, 0) is 13.3 Å². The van der Waals surface area contributed by atoms with Crippen LogP contribution in [-0.4, -0.2) is 21.0 Å². The fraction of sp³-hybridized carbons (Fsp3) is 1.00. The molecule has 0 aromatic rings. The van der Waals surface area contributed by atoms with Crippen LogP contribution in [0.3, 0.4) is 0 Å². The third kappa shape index (κ3) is 1.99. The van der Waals surface area contributed by atoms with E-state index in [1.807, 2.05) is 11.8 Å². The molecule has 1 heterocycles. The van der Waals surface area contributed by atoms with Gasteiger partial charge >= 0.3 is 0 Å². The molecule has 0 radical (unpaired) electrons. The Morgan fingerprint density at radius 2 is 2.40 bits per heavy atom. The average molecular weight is 197 g/mol. The molecule has 0 spiro atoms. The summed E-state index contributed by atoms with van der Waals surface area (Å²) in [5.41, 5.74) is 0. The molecule has 1 aliphatic heterocycles. The first-order valence-corrected chi connectivity index (χ1v) is 5.98. The van der Waals surface area contributed by atoms with E-state index in [4.69, 9.17) is 11.6 Å². The molecule has 1 fully saturated rings. The molecule has 0 aliphatic carbocycles. The Hall–Kier alpha value is 0.990. The maximum atomic E-state index is 5.76. The Kier molecular flexibility index (Phi) is 3.26. The minimum Gasteiger partial charge on any atom is -0.143 e. The Morgan fingerprint density at radius 3 is 2.70 bits per heavy atom. The summed E-state index contributed by atoms with van der Waals surface area (Å²) in [5, 5.41) is 0.691. The zero-order valence-corrected chi connectivity index (χ0v) is 8.78. The molecular weight excluding hydrogens is 184 g/mol. The van der Waals surface area contributed by atoms with E-state index in [0.717, 1.165) is 5.88 Å². The SMILES string of the molecule is CCC1(C)SCC(CCl)S1. The summed E-state index contributed by atoms with van der Waals surface area (Å²) >= 11 is 9.86. The molecule has 60 valence electrons. The first-order chi connectivity index (χ1) is 4.70. The molecule has 2 atom stereocenters. The lowest BCUT2D eigenvalue weighted by molar-refractivity contribution is 0.853. The van der Waals surface area contributed by atoms with E-state index in [2.05, 4.69) is 25.6 Å². The monoisotopic (exact) mass is 196 g/mol. The van der Waals surface area contributed by atoms with E-state index in [9.17, 15) is 0 Å². The summed E-state index contributed by atoms with van der Waals surface area (Å²) in [4.78, 5) is 0. The summed E-state index contributed by atoms with van der Waals surface area (Å²) in [6.45, 7) is 4.56. The summed E-state index contributed by atoms with van der Waals surface area (Å²) in [5.74, 6) is 2.05. The van der Waals surface area contributed by atoms with E-state index in [-0.39, 0.29) is 0 Å². The number of hydrogen-bond donors (Lipinski definition) is 0. The molecule has 0 bridgehead atoms. The molecule has 10 heavy (non-hydrogen) atoms. The van der Waals surface area contributed by atoms with Crippen LogP contribution >= 0.6 is 35.1 Å². The predicted molar refractivity (Wildman–Crippen MR) is 53.3 cm³/mol. The topological polar surface area (TPSA) is 0 Å². The van der Waals surface area contributed by atoms with Crippen LogP contribution in [0.1, 0.15) is 20.3 Å². The van der Waals surface area contributed by atoms with Gasteiger partial charge in [-0.2, -0.15) is 0 Å². The lowest BCUT2D eigenvalue weighted by atomic mass is 10.4. The van der Waals surface area contributed by atoms with E-state index < -0.39 is 0 Å². The molecule has 1 rings (SSSR count). The zero-order chi connectivity index (χ0) is 7.61. The van der Waals surface area contributed by atoms with Crippen LogP contribution in [0, 0.1) is 0 Å². The van der Waals surface area contributed by atoms with Crippen molar-refractivity contribution in [3.05, 3.63) is 0 Å². The summed E-state index contributed by atoms with van der Waals surface area (Å²) < 4.78 is 0.458. The molecule has 0 N–H and O–H groups in total. The Morgan fingerprint density at radius 1 is 1.70 bits per heavy atom. The molecule has 0 saturated carbocycles. The zero-order valence-electron chi connectivity index (χ0n) is 6.39. The van der Waals surface area contributed by atoms with Gasteiger partial charge in [-0.3, -0.25) is 0 Å². The van der Waals surface area contributed by atoms with Gasteiger partial charge in [0.15, 0.2) is 0 Å². The van der Waals surface area contributed by atoms with Gasteiger partial charge in [0.25, 0.3) is 0 Å². The van der Waals surface area contributed by atoms with Crippen LogP contribution in [-0.2, 0) is 0 Å². The number of halogens is 1. The standard InChI is InChI=1S/C7H13ClS2/c1-3-7(2)9-5-6(4-8)10-7/h6H,3-5H2,1-2H3. The van der Waals surface area contributed by atoms with Crippen molar-refractivity contribution >= 4 is 35.1 Å². The van der Waals surface area contributed by atoms with E-state index in [0.29, 0.717) is 9.33 Å². The van der Waals surface area contributed by atoms with E-state index in [1.54, 1.807) is 0 Å². The Bertz CT molecular complexity index is 118. The highest BCUT2D eigenvalue weighted by Gasteiger charge is 2.34. The summed E-state index contributed by atoms with van der Waals surface area (Å²) in [7, 11) is 0. The Balaban J connectivity index is 2.41. The normalized spacial score (nSPS) is 40.5. The van der Waals surface area contributed by atoms with Crippen molar-refractivity contribution in [3.8, 4) is 0 Å². The number of hydrogen-bond acceptors (Lipinski definition) is 2. The van der Waals surface area contributed by atoms with Crippen molar-refractivity contribution in [1.82, 2.24) is 0 Å². The van der Waals surface area contributed by atoms with Gasteiger partial charge in [0.05, 0.1) is 4.08 Å². The highest BCUT2D eigenvalue weighted by atomic mass is 35.5. The minimum atomic E-state index is 0.458. The van der Waals surface area contributed by atoms with Gasteiger partial charge in [-0.15, -0.1) is 35.1 Å². The minimum absolute atomic E-state index is 0.458. The molecule has 1 saturated heterocycles. The van der Waals surface area contributed by atoms with Gasteiger partial charge < -0.3 is 0 Å². The van der Waals surface area contributed by atoms with Gasteiger partial charge in [0.2, 0.25) is 0 Å². The van der Waals surface area contributed by atoms with Crippen molar-refractivity contribution in [2.24, 2.45) is 0 Å². The van der Waals surface area contributed by atoms with Gasteiger partial charge in [0.1, 0.15) is 0 Å². The highest BCUT2D eigenvalue weighted by molar-refractivity contribution is 8.21. The third-order valence-corrected chi connectivity index (χ3v) is 6.14. The quantitative estimate of drug-likeness (QED) is 0.623. The predicted octanol–water partition coefficient (Wildman–Crippen LogP) is 3.20. The average Bonchev–Trinajstić information content (AvgIpc) is 2.33. The molecule has 0 aromatic carbocycles. The molecular formula is C7H13ClS2. The maximum Gasteiger partial charge on any atom is 0.0584 e. The van der Waals surface area contributed by atoms with Crippen LogP contribution in [0.5, 0.6) is 0 Å². The first-order valence-electron chi connectivity index (χ1n) is 3.58. The molecule has 0 nitrogen and oxygen atoms in total. The van der Waals surface area contributed by atoms with Crippen LogP contribution in [0.4, 0.5) is 0 Å². The van der Waals surface area contributed by atoms with Crippen LogP contribution < -0.4 is 0 Å². The van der Waals surface area contributed by atoms with Crippen LogP contribution in [0.15, 0.2) is 0 Å². The lowest BCUT2D eigenvalue weighted by Crippen LogP contribution is -2.10. The highest BCUT2D eigenvalue weighted by Crippen LogP contribution is 2.49. The first kappa shape index (κ1) is 9.08. The van der Waals surface area contributed by atoms with Gasteiger partial charge in [-0.1, -0.05) is 6.92 Å². The fourth-order valence-electron chi connectivity index (χ4n) is 0.951. The summed E-state index contributed by atoms with van der Waals surface area (Å²) in [6, 6.07) is 0. The lowest BCUT2D eigenvalue weighted by Gasteiger charge is -2.19. The van der Waals surface area contributed by atoms with E-state index >= 15 is 0 Å². The second kappa shape index (κ2) is 3.59. The molecule has 1 aliphatic rings. The Labute approximate surface area is 76.5 Å². The third-order valence-electron chi connectivity index (χ3n) is 1.80. The second-order valence-corrected chi connectivity index (χ2v) is 6.59. The van der Waals surface area contributed by atoms with Crippen LogP contribution in [0.2, 0.25) is 0 Å². The molecule has 3 heteroatoms. The van der Waals surface area contributed by atoms with Crippen LogP contribution in [0.25, 0.3) is 0 Å². The van der Waals surface area contributed by atoms with Gasteiger partial charge in [0, 0.05) is 16.9 Å². The van der Waals surface area contributed by atoms with E-state index in [1.165, 1.54) is 12.2 Å². The van der Waals surface area contributed by atoms with Crippen molar-refractivity contribution in [2.75, 3.05) is 11.6 Å². The smallest absolute Gasteiger partial charge is 0.0584 e. The summed E-state index contributed by atoms with van der Waals surface area (Å²) in [6.07, 6.45) is 1.25. The number of thioether (sulfide) groups is 2.